The van der Waals surface area contributed by atoms with Crippen LogP contribution < -0.4 is 0 Å². The molecular weight excluding hydrogens is 258 g/mol. The van der Waals surface area contributed by atoms with E-state index in [4.69, 9.17) is 9.52 Å². The van der Waals surface area contributed by atoms with E-state index < -0.39 is 0 Å². The number of amides is 1. The van der Waals surface area contributed by atoms with E-state index in [0.717, 1.165) is 17.1 Å². The number of likely N-dealkylation sites (N-methyl/N-ethyl adjacent to an activating group) is 1. The number of rotatable bonds is 6. The molecule has 0 spiro atoms. The van der Waals surface area contributed by atoms with Crippen molar-refractivity contribution >= 4 is 5.91 Å². The van der Waals surface area contributed by atoms with Crippen molar-refractivity contribution in [3.05, 3.63) is 41.6 Å². The third-order valence-electron chi connectivity index (χ3n) is 3.00. The molecule has 6 heteroatoms. The van der Waals surface area contributed by atoms with Crippen LogP contribution in [0.25, 0.3) is 0 Å². The summed E-state index contributed by atoms with van der Waals surface area (Å²) in [7, 11) is 1.73. The Balaban J connectivity index is 1.89. The smallest absolute Gasteiger partial charge is 0.244 e. The van der Waals surface area contributed by atoms with Crippen LogP contribution in [0.4, 0.5) is 0 Å². The van der Waals surface area contributed by atoms with Gasteiger partial charge in [-0.3, -0.25) is 9.48 Å². The lowest BCUT2D eigenvalue weighted by molar-refractivity contribution is -0.131. The molecule has 0 atom stereocenters. The molecule has 0 saturated heterocycles. The molecule has 0 fully saturated rings. The fourth-order valence-corrected chi connectivity index (χ4v) is 1.90. The van der Waals surface area contributed by atoms with Gasteiger partial charge in [0.25, 0.3) is 0 Å². The zero-order valence-corrected chi connectivity index (χ0v) is 11.7. The Morgan fingerprint density at radius 3 is 2.95 bits per heavy atom. The van der Waals surface area contributed by atoms with E-state index in [1.807, 2.05) is 19.1 Å². The summed E-state index contributed by atoms with van der Waals surface area (Å²) in [6.45, 7) is 2.58. The van der Waals surface area contributed by atoms with Gasteiger partial charge in [-0.2, -0.15) is 5.10 Å². The van der Waals surface area contributed by atoms with Gasteiger partial charge in [0.15, 0.2) is 0 Å². The number of hydrogen-bond acceptors (Lipinski definition) is 4. The molecule has 2 rings (SSSR count). The first-order valence-corrected chi connectivity index (χ1v) is 6.50. The fraction of sp³-hybridized carbons (Fsp3) is 0.429. The van der Waals surface area contributed by atoms with Crippen molar-refractivity contribution in [3.63, 3.8) is 0 Å². The maximum Gasteiger partial charge on any atom is 0.244 e. The summed E-state index contributed by atoms with van der Waals surface area (Å²) in [4.78, 5) is 13.7. The molecule has 2 heterocycles. The minimum Gasteiger partial charge on any atom is -0.464 e. The van der Waals surface area contributed by atoms with Crippen LogP contribution >= 0.6 is 0 Å². The van der Waals surface area contributed by atoms with Gasteiger partial charge in [-0.15, -0.1) is 0 Å². The normalized spacial score (nSPS) is 10.8. The van der Waals surface area contributed by atoms with Gasteiger partial charge in [0.1, 0.15) is 18.1 Å². The third kappa shape index (κ3) is 3.71. The highest BCUT2D eigenvalue weighted by Crippen LogP contribution is 2.09. The molecule has 0 aliphatic rings. The van der Waals surface area contributed by atoms with Crippen LogP contribution in [0.2, 0.25) is 0 Å². The van der Waals surface area contributed by atoms with Crippen molar-refractivity contribution in [1.29, 1.82) is 0 Å². The van der Waals surface area contributed by atoms with E-state index in [2.05, 4.69) is 5.10 Å². The number of furan rings is 1. The summed E-state index contributed by atoms with van der Waals surface area (Å²) < 4.78 is 7.03. The molecule has 2 aromatic heterocycles. The van der Waals surface area contributed by atoms with Crippen LogP contribution in [0.1, 0.15) is 17.1 Å². The molecule has 0 saturated carbocycles. The molecule has 2 aromatic rings. The highest BCUT2D eigenvalue weighted by atomic mass is 16.3. The monoisotopic (exact) mass is 277 g/mol. The van der Waals surface area contributed by atoms with Crippen molar-refractivity contribution in [3.8, 4) is 0 Å². The highest BCUT2D eigenvalue weighted by molar-refractivity contribution is 5.75. The number of nitrogens with zero attached hydrogens (tertiary/aromatic N) is 3. The maximum atomic E-state index is 12.1. The topological polar surface area (TPSA) is 71.5 Å². The lowest BCUT2D eigenvalue weighted by atomic mass is 10.3. The summed E-state index contributed by atoms with van der Waals surface area (Å²) >= 11 is 0. The quantitative estimate of drug-likeness (QED) is 0.854. The van der Waals surface area contributed by atoms with Crippen LogP contribution in [0.5, 0.6) is 0 Å². The highest BCUT2D eigenvalue weighted by Gasteiger charge is 2.12. The fourth-order valence-electron chi connectivity index (χ4n) is 1.90. The van der Waals surface area contributed by atoms with Crippen LogP contribution in [0.3, 0.4) is 0 Å². The zero-order chi connectivity index (χ0) is 14.5. The Morgan fingerprint density at radius 1 is 1.50 bits per heavy atom. The molecular formula is C14H19N3O3. The van der Waals surface area contributed by atoms with Crippen molar-refractivity contribution in [2.24, 2.45) is 0 Å². The second kappa shape index (κ2) is 6.38. The van der Waals surface area contributed by atoms with Crippen molar-refractivity contribution < 1.29 is 14.3 Å². The Labute approximate surface area is 117 Å². The molecule has 1 N–H and O–H groups in total. The Kier molecular flexibility index (Phi) is 4.57. The SMILES string of the molecule is Cc1ccc(CN(C)C(=O)Cn2cc(CCO)cn2)o1. The van der Waals surface area contributed by atoms with Gasteiger partial charge >= 0.3 is 0 Å². The van der Waals surface area contributed by atoms with Crippen LogP contribution in [-0.2, 0) is 24.3 Å². The zero-order valence-electron chi connectivity index (χ0n) is 11.7. The standard InChI is InChI=1S/C14H19N3O3/c1-11-3-4-13(20-11)9-16(2)14(19)10-17-8-12(5-6-18)7-15-17/h3-4,7-8,18H,5-6,9-10H2,1-2H3. The summed E-state index contributed by atoms with van der Waals surface area (Å²) in [6, 6.07) is 3.74. The van der Waals surface area contributed by atoms with E-state index in [0.29, 0.717) is 13.0 Å². The minimum absolute atomic E-state index is 0.0438. The lowest BCUT2D eigenvalue weighted by Crippen LogP contribution is -2.29. The summed E-state index contributed by atoms with van der Waals surface area (Å²) in [5.74, 6) is 1.55. The first-order valence-electron chi connectivity index (χ1n) is 6.50. The minimum atomic E-state index is -0.0438. The average molecular weight is 277 g/mol. The molecule has 108 valence electrons. The van der Waals surface area contributed by atoms with Crippen LogP contribution in [-0.4, -0.2) is 39.3 Å². The molecule has 0 unspecified atom stereocenters. The second-order valence-corrected chi connectivity index (χ2v) is 4.78. The molecule has 20 heavy (non-hydrogen) atoms. The Hall–Kier alpha value is -2.08. The number of aromatic nitrogens is 2. The average Bonchev–Trinajstić information content (AvgIpc) is 2.99. The van der Waals surface area contributed by atoms with E-state index >= 15 is 0 Å². The van der Waals surface area contributed by atoms with Gasteiger partial charge in [-0.1, -0.05) is 0 Å². The summed E-state index contributed by atoms with van der Waals surface area (Å²) in [6.07, 6.45) is 3.99. The number of aliphatic hydroxyl groups is 1. The van der Waals surface area contributed by atoms with Crippen molar-refractivity contribution in [2.75, 3.05) is 13.7 Å². The maximum absolute atomic E-state index is 12.1. The van der Waals surface area contributed by atoms with Gasteiger partial charge in [0.2, 0.25) is 5.91 Å². The first kappa shape index (κ1) is 14.3. The summed E-state index contributed by atoms with van der Waals surface area (Å²) in [5.41, 5.74) is 0.921. The van der Waals surface area contributed by atoms with Crippen molar-refractivity contribution in [2.45, 2.75) is 26.4 Å². The van der Waals surface area contributed by atoms with Crippen LogP contribution in [0.15, 0.2) is 28.9 Å². The number of carbonyl (C=O) groups is 1. The van der Waals surface area contributed by atoms with E-state index in [1.165, 1.54) is 0 Å². The number of hydrogen-bond donors (Lipinski definition) is 1. The lowest BCUT2D eigenvalue weighted by Gasteiger charge is -2.15. The van der Waals surface area contributed by atoms with Gasteiger partial charge in [0.05, 0.1) is 12.7 Å². The predicted octanol–water partition coefficient (Wildman–Crippen LogP) is 0.978. The molecule has 1 amide bonds. The van der Waals surface area contributed by atoms with E-state index in [9.17, 15) is 4.79 Å². The second-order valence-electron chi connectivity index (χ2n) is 4.78. The molecule has 0 aliphatic heterocycles. The predicted molar refractivity (Wildman–Crippen MR) is 72.9 cm³/mol. The molecule has 0 radical (unpaired) electrons. The Bertz CT molecular complexity index is 574. The van der Waals surface area contributed by atoms with Gasteiger partial charge in [-0.25, -0.2) is 0 Å². The molecule has 6 nitrogen and oxygen atoms in total. The van der Waals surface area contributed by atoms with E-state index in [1.54, 1.807) is 29.0 Å². The van der Waals surface area contributed by atoms with E-state index in [-0.39, 0.29) is 19.1 Å². The number of aliphatic hydroxyl groups excluding tert-OH is 1. The van der Waals surface area contributed by atoms with Gasteiger partial charge in [0, 0.05) is 19.9 Å². The Morgan fingerprint density at radius 2 is 2.30 bits per heavy atom. The van der Waals surface area contributed by atoms with Crippen LogP contribution in [0, 0.1) is 6.92 Å². The third-order valence-corrected chi connectivity index (χ3v) is 3.00. The molecule has 0 aliphatic carbocycles. The first-order chi connectivity index (χ1) is 9.58. The van der Waals surface area contributed by atoms with Gasteiger partial charge in [-0.05, 0) is 31.0 Å². The number of carbonyl (C=O) groups excluding carboxylic acids is 1. The van der Waals surface area contributed by atoms with Crippen molar-refractivity contribution in [1.82, 2.24) is 14.7 Å². The van der Waals surface area contributed by atoms with Gasteiger partial charge < -0.3 is 14.4 Å². The number of aryl methyl sites for hydroxylation is 1. The molecule has 0 aromatic carbocycles. The summed E-state index contributed by atoms with van der Waals surface area (Å²) in [5, 5.41) is 12.9. The molecule has 0 bridgehead atoms. The largest absolute Gasteiger partial charge is 0.464 e.